The van der Waals surface area contributed by atoms with Gasteiger partial charge in [-0.05, 0) is 54.8 Å². The number of Topliss-reactive ketones (excluding diaryl/α,β-unsaturated/α-hetero) is 1. The Balaban J connectivity index is 1.52. The molecule has 2 heterocycles. The number of benzene rings is 2. The normalized spacial score (nSPS) is 23.5. The lowest BCUT2D eigenvalue weighted by molar-refractivity contribution is -0.277. The number of rotatable bonds is 8. The van der Waals surface area contributed by atoms with E-state index in [4.69, 9.17) is 18.6 Å². The molecule has 198 valence electrons. The number of aliphatic hydroxyl groups is 3. The zero-order valence-corrected chi connectivity index (χ0v) is 20.2. The molecule has 0 radical (unpaired) electrons. The van der Waals surface area contributed by atoms with Crippen molar-refractivity contribution in [3.05, 3.63) is 59.4 Å². The number of fused-ring (bicyclic) bond motifs is 1. The van der Waals surface area contributed by atoms with E-state index in [2.05, 4.69) is 4.74 Å². The molecule has 4 N–H and O–H groups in total. The van der Waals surface area contributed by atoms with Crippen LogP contribution >= 0.6 is 0 Å². The van der Waals surface area contributed by atoms with Crippen molar-refractivity contribution < 1.29 is 53.4 Å². The van der Waals surface area contributed by atoms with Crippen molar-refractivity contribution in [2.45, 2.75) is 50.5 Å². The van der Waals surface area contributed by atoms with Crippen molar-refractivity contribution in [2.75, 3.05) is 13.7 Å². The predicted molar refractivity (Wildman–Crippen MR) is 127 cm³/mol. The van der Waals surface area contributed by atoms with Gasteiger partial charge in [0.15, 0.2) is 5.78 Å². The fourth-order valence-corrected chi connectivity index (χ4v) is 4.15. The summed E-state index contributed by atoms with van der Waals surface area (Å²) in [5, 5.41) is 42.5. The van der Waals surface area contributed by atoms with E-state index >= 15 is 0 Å². The van der Waals surface area contributed by atoms with Crippen molar-refractivity contribution in [2.24, 2.45) is 0 Å². The zero-order valence-electron chi connectivity index (χ0n) is 20.2. The molecule has 37 heavy (non-hydrogen) atoms. The maximum Gasteiger partial charge on any atom is 0.508 e. The van der Waals surface area contributed by atoms with Gasteiger partial charge in [0.25, 0.3) is 0 Å². The van der Waals surface area contributed by atoms with E-state index in [0.29, 0.717) is 12.0 Å². The highest BCUT2D eigenvalue weighted by Crippen LogP contribution is 2.34. The molecule has 0 amide bonds. The third kappa shape index (κ3) is 5.86. The van der Waals surface area contributed by atoms with E-state index in [0.717, 1.165) is 23.6 Å². The van der Waals surface area contributed by atoms with E-state index < -0.39 is 49.3 Å². The summed E-state index contributed by atoms with van der Waals surface area (Å²) < 4.78 is 25.8. The second-order valence-corrected chi connectivity index (χ2v) is 8.77. The Morgan fingerprint density at radius 3 is 2.57 bits per heavy atom. The van der Waals surface area contributed by atoms with E-state index in [1.165, 1.54) is 12.1 Å². The third-order valence-corrected chi connectivity index (χ3v) is 6.11. The van der Waals surface area contributed by atoms with Crippen LogP contribution < -0.4 is 4.74 Å². The second-order valence-electron chi connectivity index (χ2n) is 8.77. The highest BCUT2D eigenvalue weighted by atomic mass is 16.7. The highest BCUT2D eigenvalue weighted by Gasteiger charge is 2.46. The van der Waals surface area contributed by atoms with Crippen LogP contribution in [0.5, 0.6) is 11.5 Å². The first-order chi connectivity index (χ1) is 17.7. The Hall–Kier alpha value is -3.64. The van der Waals surface area contributed by atoms with Crippen LogP contribution in [0, 0.1) is 6.92 Å². The van der Waals surface area contributed by atoms with Gasteiger partial charge in [-0.15, -0.1) is 0 Å². The number of carbonyl (C=O) groups is 2. The van der Waals surface area contributed by atoms with Gasteiger partial charge in [0.1, 0.15) is 53.7 Å². The molecule has 1 aromatic heterocycles. The summed E-state index contributed by atoms with van der Waals surface area (Å²) in [5.41, 5.74) is 2.07. The summed E-state index contributed by atoms with van der Waals surface area (Å²) in [6.07, 6.45) is -6.86. The molecule has 1 saturated heterocycles. The van der Waals surface area contributed by atoms with Crippen LogP contribution in [0.15, 0.2) is 47.1 Å². The lowest BCUT2D eigenvalue weighted by Crippen LogP contribution is -2.60. The van der Waals surface area contributed by atoms with Gasteiger partial charge in [-0.25, -0.2) is 4.79 Å². The van der Waals surface area contributed by atoms with Crippen molar-refractivity contribution in [1.82, 2.24) is 0 Å². The average Bonchev–Trinajstić information content (AvgIpc) is 3.34. The van der Waals surface area contributed by atoms with Gasteiger partial charge in [0, 0.05) is 11.8 Å². The number of ketones is 1. The molecule has 1 aliphatic heterocycles. The Bertz CT molecular complexity index is 1270. The smallest absolute Gasteiger partial charge is 0.507 e. The minimum Gasteiger partial charge on any atom is -0.507 e. The van der Waals surface area contributed by atoms with Crippen LogP contribution in [0.4, 0.5) is 4.79 Å². The van der Waals surface area contributed by atoms with E-state index in [1.54, 1.807) is 13.2 Å². The Kier molecular flexibility index (Phi) is 7.98. The first-order valence-electron chi connectivity index (χ1n) is 11.6. The first kappa shape index (κ1) is 26.4. The molecule has 1 fully saturated rings. The Morgan fingerprint density at radius 2 is 1.81 bits per heavy atom. The number of furan rings is 1. The van der Waals surface area contributed by atoms with Gasteiger partial charge >= 0.3 is 6.16 Å². The average molecular weight is 516 g/mol. The minimum atomic E-state index is -1.71. The van der Waals surface area contributed by atoms with Gasteiger partial charge in [0.2, 0.25) is 6.29 Å². The minimum absolute atomic E-state index is 0.0430. The molecular formula is C26H28O11. The lowest BCUT2D eigenvalue weighted by atomic mass is 9.98. The number of aryl methyl sites for hydroxylation is 2. The maximum absolute atomic E-state index is 13.2. The summed E-state index contributed by atoms with van der Waals surface area (Å²) in [6, 6.07) is 10.3. The van der Waals surface area contributed by atoms with Crippen LogP contribution in [0.3, 0.4) is 0 Å². The monoisotopic (exact) mass is 516 g/mol. The molecular weight excluding hydrogens is 488 g/mol. The van der Waals surface area contributed by atoms with Crippen molar-refractivity contribution >= 4 is 22.9 Å². The van der Waals surface area contributed by atoms with E-state index in [9.17, 15) is 30.0 Å². The molecule has 0 aliphatic carbocycles. The molecule has 1 aliphatic rings. The lowest BCUT2D eigenvalue weighted by Gasteiger charge is -2.40. The van der Waals surface area contributed by atoms with E-state index in [1.807, 2.05) is 24.3 Å². The third-order valence-electron chi connectivity index (χ3n) is 6.11. The van der Waals surface area contributed by atoms with Crippen LogP contribution in [0.25, 0.3) is 11.0 Å². The standard InChI is InChI=1S/C26H28O11/c1-13-9-17(28)21(16(27)5-3-14-4-6-18-15(11-14)7-8-34-18)19(10-13)36-25-24(31)23(30)22(29)20(37-25)12-35-26(32)33-2/h4,6-11,20,22-25,28-31H,3,5,12H2,1-2H3/t20-,22-,23-,24-,25+/m1/s1. The van der Waals surface area contributed by atoms with Crippen molar-refractivity contribution in [3.63, 3.8) is 0 Å². The number of hydrogen-bond acceptors (Lipinski definition) is 11. The molecule has 0 spiro atoms. The second kappa shape index (κ2) is 11.2. The molecule has 0 unspecified atom stereocenters. The number of phenolic OH excluding ortho intramolecular Hbond substituents is 1. The molecule has 0 saturated carbocycles. The van der Waals surface area contributed by atoms with Gasteiger partial charge in [-0.3, -0.25) is 4.79 Å². The molecule has 0 bridgehead atoms. The molecule has 11 nitrogen and oxygen atoms in total. The summed E-state index contributed by atoms with van der Waals surface area (Å²) in [6.45, 7) is 1.17. The molecule has 3 aromatic rings. The molecule has 11 heteroatoms. The fraction of sp³-hybridized carbons (Fsp3) is 0.385. The number of hydrogen-bond donors (Lipinski definition) is 4. The largest absolute Gasteiger partial charge is 0.508 e. The number of aromatic hydroxyl groups is 1. The predicted octanol–water partition coefficient (Wildman–Crippen LogP) is 2.23. The molecule has 5 atom stereocenters. The summed E-state index contributed by atoms with van der Waals surface area (Å²) in [7, 11) is 1.10. The highest BCUT2D eigenvalue weighted by molar-refractivity contribution is 6.01. The van der Waals surface area contributed by atoms with Crippen LogP contribution in [-0.2, 0) is 20.6 Å². The number of aliphatic hydroxyl groups excluding tert-OH is 3. The SMILES string of the molecule is COC(=O)OC[C@H]1O[C@H](Oc2cc(C)cc(O)c2C(=O)CCc2ccc3occc3c2)[C@H](O)[C@H](O)[C@@H]1O. The Labute approximate surface area is 211 Å². The number of phenols is 1. The van der Waals surface area contributed by atoms with E-state index in [-0.39, 0.29) is 23.5 Å². The van der Waals surface area contributed by atoms with Crippen LogP contribution in [0.2, 0.25) is 0 Å². The fourth-order valence-electron chi connectivity index (χ4n) is 4.15. The summed E-state index contributed by atoms with van der Waals surface area (Å²) in [5.74, 6) is -0.814. The van der Waals surface area contributed by atoms with Gasteiger partial charge in [-0.2, -0.15) is 0 Å². The van der Waals surface area contributed by atoms with Crippen molar-refractivity contribution in [1.29, 1.82) is 0 Å². The number of ether oxygens (including phenoxy) is 4. The first-order valence-corrected chi connectivity index (χ1v) is 11.6. The summed E-state index contributed by atoms with van der Waals surface area (Å²) in [4.78, 5) is 24.5. The van der Waals surface area contributed by atoms with Crippen LogP contribution in [-0.4, -0.2) is 76.8 Å². The molecule has 4 rings (SSSR count). The Morgan fingerprint density at radius 1 is 1.03 bits per heavy atom. The summed E-state index contributed by atoms with van der Waals surface area (Å²) >= 11 is 0. The van der Waals surface area contributed by atoms with Gasteiger partial charge < -0.3 is 43.8 Å². The number of carbonyl (C=O) groups excluding carboxylic acids is 2. The zero-order chi connectivity index (χ0) is 26.7. The number of methoxy groups -OCH3 is 1. The van der Waals surface area contributed by atoms with Crippen LogP contribution in [0.1, 0.15) is 27.9 Å². The molecule has 2 aromatic carbocycles. The van der Waals surface area contributed by atoms with Gasteiger partial charge in [0.05, 0.1) is 13.4 Å². The quantitative estimate of drug-likeness (QED) is 0.256. The topological polar surface area (TPSA) is 165 Å². The maximum atomic E-state index is 13.2. The van der Waals surface area contributed by atoms with Gasteiger partial charge in [-0.1, -0.05) is 6.07 Å². The van der Waals surface area contributed by atoms with Crippen molar-refractivity contribution in [3.8, 4) is 11.5 Å².